The Balaban J connectivity index is 1.59. The molecule has 0 radical (unpaired) electrons. The zero-order valence-electron chi connectivity index (χ0n) is 17.5. The van der Waals surface area contributed by atoms with Crippen molar-refractivity contribution in [3.05, 3.63) is 28.8 Å². The van der Waals surface area contributed by atoms with E-state index < -0.39 is 58.3 Å². The molecule has 8 nitrogen and oxygen atoms in total. The monoisotopic (exact) mass is 439 g/mol. The zero-order valence-corrected chi connectivity index (χ0v) is 17.5. The van der Waals surface area contributed by atoms with Crippen molar-refractivity contribution in [1.29, 1.82) is 0 Å². The molecule has 168 valence electrons. The lowest BCUT2D eigenvalue weighted by Gasteiger charge is -2.48. The number of hydrogen-bond donors (Lipinski definition) is 3. The molecule has 0 spiro atoms. The minimum absolute atomic E-state index is 0.0943. The number of nitrogens with two attached hydrogens (primary N) is 1. The standard InChI is InChI=1S/C24H25NO7/c25-23(31)19-16(27)9-12-7-11-8-14-13(10-3-1-2-4-10)5-6-15(26)18(14)20(28)17(11)21(29)24(12,32)22(19)30/h5-6,10-12,17,19,26,32H,1-4,7-9H2,(H2,25,31)/t11-,12+,17?,19?,24+/m1/s1. The van der Waals surface area contributed by atoms with Crippen molar-refractivity contribution >= 4 is 29.0 Å². The van der Waals surface area contributed by atoms with E-state index in [-0.39, 0.29) is 24.2 Å². The van der Waals surface area contributed by atoms with Crippen LogP contribution in [0.1, 0.15) is 65.9 Å². The lowest BCUT2D eigenvalue weighted by atomic mass is 9.53. The van der Waals surface area contributed by atoms with Gasteiger partial charge in [0.25, 0.3) is 0 Å². The molecular formula is C24H25NO7. The van der Waals surface area contributed by atoms with Crippen LogP contribution in [0.15, 0.2) is 12.1 Å². The average molecular weight is 439 g/mol. The Morgan fingerprint density at radius 3 is 2.38 bits per heavy atom. The normalized spacial score (nSPS) is 34.8. The molecule has 4 aliphatic rings. The van der Waals surface area contributed by atoms with Gasteiger partial charge in [0.2, 0.25) is 5.91 Å². The summed E-state index contributed by atoms with van der Waals surface area (Å²) in [6.45, 7) is 0. The number of hydrogen-bond acceptors (Lipinski definition) is 7. The van der Waals surface area contributed by atoms with E-state index in [0.717, 1.165) is 36.8 Å². The number of fused-ring (bicyclic) bond motifs is 3. The number of aliphatic hydroxyl groups is 1. The van der Waals surface area contributed by atoms with Crippen LogP contribution in [0.4, 0.5) is 0 Å². The molecule has 3 fully saturated rings. The van der Waals surface area contributed by atoms with Gasteiger partial charge in [0.15, 0.2) is 34.7 Å². The van der Waals surface area contributed by atoms with Gasteiger partial charge >= 0.3 is 0 Å². The Kier molecular flexibility index (Phi) is 4.64. The van der Waals surface area contributed by atoms with Crippen molar-refractivity contribution in [3.8, 4) is 5.75 Å². The zero-order chi connectivity index (χ0) is 22.9. The highest BCUT2D eigenvalue weighted by Crippen LogP contribution is 2.51. The third kappa shape index (κ3) is 2.68. The van der Waals surface area contributed by atoms with E-state index in [0.29, 0.717) is 12.3 Å². The van der Waals surface area contributed by atoms with Crippen molar-refractivity contribution < 1.29 is 34.2 Å². The molecule has 8 heteroatoms. The van der Waals surface area contributed by atoms with Crippen LogP contribution in [0.5, 0.6) is 5.75 Å². The molecule has 32 heavy (non-hydrogen) atoms. The molecule has 0 aliphatic heterocycles. The van der Waals surface area contributed by atoms with Gasteiger partial charge in [-0.05, 0) is 54.7 Å². The number of primary amides is 1. The van der Waals surface area contributed by atoms with E-state index >= 15 is 0 Å². The highest BCUT2D eigenvalue weighted by molar-refractivity contribution is 6.31. The third-order valence-corrected chi connectivity index (χ3v) is 8.12. The number of carbonyl (C=O) groups is 5. The van der Waals surface area contributed by atoms with Gasteiger partial charge in [0.1, 0.15) is 5.75 Å². The maximum absolute atomic E-state index is 13.5. The summed E-state index contributed by atoms with van der Waals surface area (Å²) >= 11 is 0. The van der Waals surface area contributed by atoms with Crippen molar-refractivity contribution in [3.63, 3.8) is 0 Å². The fourth-order valence-corrected chi connectivity index (χ4v) is 6.61. The summed E-state index contributed by atoms with van der Waals surface area (Å²) in [6, 6.07) is 3.33. The van der Waals surface area contributed by atoms with Crippen molar-refractivity contribution in [1.82, 2.24) is 0 Å². The Bertz CT molecular complexity index is 1090. The minimum Gasteiger partial charge on any atom is -0.507 e. The fraction of sp³-hybridized carbons (Fsp3) is 0.542. The maximum Gasteiger partial charge on any atom is 0.235 e. The van der Waals surface area contributed by atoms with E-state index in [2.05, 4.69) is 0 Å². The van der Waals surface area contributed by atoms with Crippen LogP contribution in [-0.2, 0) is 25.6 Å². The van der Waals surface area contributed by atoms with Crippen molar-refractivity contribution in [2.75, 3.05) is 0 Å². The van der Waals surface area contributed by atoms with Gasteiger partial charge in [-0.15, -0.1) is 0 Å². The number of aromatic hydroxyl groups is 1. The van der Waals surface area contributed by atoms with E-state index in [1.54, 1.807) is 0 Å². The number of phenolic OH excluding ortho intramolecular Hbond substituents is 1. The van der Waals surface area contributed by atoms with Gasteiger partial charge in [-0.25, -0.2) is 0 Å². The Labute approximate surface area is 184 Å². The summed E-state index contributed by atoms with van der Waals surface area (Å²) in [7, 11) is 0. The molecule has 5 atom stereocenters. The van der Waals surface area contributed by atoms with E-state index in [4.69, 9.17) is 5.73 Å². The smallest absolute Gasteiger partial charge is 0.235 e. The quantitative estimate of drug-likeness (QED) is 0.581. The summed E-state index contributed by atoms with van der Waals surface area (Å²) in [5.74, 6) is -9.31. The molecule has 3 saturated carbocycles. The Hall–Kier alpha value is -2.87. The van der Waals surface area contributed by atoms with E-state index in [1.807, 2.05) is 6.07 Å². The van der Waals surface area contributed by atoms with Gasteiger partial charge in [-0.2, -0.15) is 0 Å². The fourth-order valence-electron chi connectivity index (χ4n) is 6.61. The first-order chi connectivity index (χ1) is 15.2. The molecular weight excluding hydrogens is 414 g/mol. The van der Waals surface area contributed by atoms with Crippen LogP contribution >= 0.6 is 0 Å². The maximum atomic E-state index is 13.5. The summed E-state index contributed by atoms with van der Waals surface area (Å²) in [4.78, 5) is 63.9. The number of carbonyl (C=O) groups excluding carboxylic acids is 5. The molecule has 4 N–H and O–H groups in total. The molecule has 1 aromatic carbocycles. The van der Waals surface area contributed by atoms with E-state index in [1.165, 1.54) is 6.07 Å². The molecule has 1 amide bonds. The largest absolute Gasteiger partial charge is 0.507 e. The Morgan fingerprint density at radius 2 is 1.72 bits per heavy atom. The molecule has 1 aromatic rings. The molecule has 5 rings (SSSR count). The SMILES string of the molecule is NC(=O)C1C(=O)C[C@@H]2C[C@@H]3Cc4c(C5CCCC5)ccc(O)c4C(=O)C3C(=O)[C@]2(O)C1=O. The highest BCUT2D eigenvalue weighted by Gasteiger charge is 2.66. The Morgan fingerprint density at radius 1 is 1.03 bits per heavy atom. The summed E-state index contributed by atoms with van der Waals surface area (Å²) in [6.07, 6.45) is 4.35. The van der Waals surface area contributed by atoms with Crippen LogP contribution in [-0.4, -0.2) is 44.9 Å². The molecule has 0 aromatic heterocycles. The summed E-state index contributed by atoms with van der Waals surface area (Å²) < 4.78 is 0. The van der Waals surface area contributed by atoms with Crippen LogP contribution in [0.3, 0.4) is 0 Å². The molecule has 0 saturated heterocycles. The predicted octanol–water partition coefficient (Wildman–Crippen LogP) is 0.984. The van der Waals surface area contributed by atoms with Gasteiger partial charge in [-0.1, -0.05) is 18.9 Å². The second-order valence-corrected chi connectivity index (χ2v) is 9.75. The van der Waals surface area contributed by atoms with Crippen LogP contribution in [0.2, 0.25) is 0 Å². The number of benzene rings is 1. The van der Waals surface area contributed by atoms with Gasteiger partial charge in [0.05, 0.1) is 11.5 Å². The number of Topliss-reactive ketones (excluding diaryl/α,β-unsaturated/α-hetero) is 4. The van der Waals surface area contributed by atoms with Crippen LogP contribution in [0.25, 0.3) is 0 Å². The topological polar surface area (TPSA) is 152 Å². The van der Waals surface area contributed by atoms with Crippen LogP contribution < -0.4 is 5.73 Å². The highest BCUT2D eigenvalue weighted by atomic mass is 16.3. The van der Waals surface area contributed by atoms with Gasteiger partial charge in [0, 0.05) is 12.3 Å². The second kappa shape index (κ2) is 7.07. The average Bonchev–Trinajstić information content (AvgIpc) is 3.25. The molecule has 4 aliphatic carbocycles. The lowest BCUT2D eigenvalue weighted by Crippen LogP contribution is -2.68. The van der Waals surface area contributed by atoms with Gasteiger partial charge < -0.3 is 15.9 Å². The van der Waals surface area contributed by atoms with Gasteiger partial charge in [-0.3, -0.25) is 24.0 Å². The first-order valence-corrected chi connectivity index (χ1v) is 11.2. The summed E-state index contributed by atoms with van der Waals surface area (Å²) in [5, 5.41) is 21.7. The molecule has 2 unspecified atom stereocenters. The molecule has 0 bridgehead atoms. The first-order valence-electron chi connectivity index (χ1n) is 11.2. The van der Waals surface area contributed by atoms with E-state index in [9.17, 15) is 34.2 Å². The van der Waals surface area contributed by atoms with Crippen molar-refractivity contribution in [2.24, 2.45) is 29.4 Å². The predicted molar refractivity (Wildman–Crippen MR) is 110 cm³/mol. The van der Waals surface area contributed by atoms with Crippen molar-refractivity contribution in [2.45, 2.75) is 56.5 Å². The van der Waals surface area contributed by atoms with Crippen LogP contribution in [0, 0.1) is 23.7 Å². The lowest BCUT2D eigenvalue weighted by molar-refractivity contribution is -0.175. The summed E-state index contributed by atoms with van der Waals surface area (Å²) in [5.41, 5.74) is 4.44. The number of amides is 1. The number of ketones is 4. The third-order valence-electron chi connectivity index (χ3n) is 8.12. The molecule has 0 heterocycles. The second-order valence-electron chi connectivity index (χ2n) is 9.75. The minimum atomic E-state index is -2.60. The number of rotatable bonds is 2. The number of phenols is 1. The first kappa shape index (κ1) is 21.0.